The average Bonchev–Trinajstić information content (AvgIpc) is 3.38. The molecule has 2 aromatic rings. The van der Waals surface area contributed by atoms with Crippen molar-refractivity contribution in [3.8, 4) is 0 Å². The molecule has 2 unspecified atom stereocenters. The van der Waals surface area contributed by atoms with Crippen molar-refractivity contribution in [2.75, 3.05) is 24.5 Å². The van der Waals surface area contributed by atoms with Crippen molar-refractivity contribution in [1.82, 2.24) is 20.0 Å². The van der Waals surface area contributed by atoms with E-state index >= 15 is 0 Å². The quantitative estimate of drug-likeness (QED) is 0.795. The number of hydrogen-bond acceptors (Lipinski definition) is 6. The molecule has 28 heavy (non-hydrogen) atoms. The van der Waals surface area contributed by atoms with Crippen molar-refractivity contribution in [2.45, 2.75) is 37.9 Å². The van der Waals surface area contributed by atoms with Gasteiger partial charge < -0.3 is 14.3 Å². The standard InChI is InChI=1S/C18H20F3N5O2/c19-18(20,21)13-5-1-7-22-16(13)25-8-2-4-12(10-25)17(27)26-9-3-6-14(26)15-23-11-28-24-15/h1,5,7,11-12,14H,2-4,6,8-10H2. The molecule has 2 fully saturated rings. The molecule has 4 heterocycles. The average molecular weight is 395 g/mol. The van der Waals surface area contributed by atoms with E-state index < -0.39 is 11.7 Å². The Morgan fingerprint density at radius 1 is 1.18 bits per heavy atom. The van der Waals surface area contributed by atoms with Crippen molar-refractivity contribution in [3.05, 3.63) is 36.1 Å². The number of carbonyl (C=O) groups is 1. The molecule has 2 aromatic heterocycles. The fraction of sp³-hybridized carbons (Fsp3) is 0.556. The van der Waals surface area contributed by atoms with E-state index in [4.69, 9.17) is 4.52 Å². The minimum absolute atomic E-state index is 0.0681. The lowest BCUT2D eigenvalue weighted by atomic mass is 9.95. The van der Waals surface area contributed by atoms with Gasteiger partial charge in [0.25, 0.3) is 0 Å². The molecule has 1 amide bonds. The second kappa shape index (κ2) is 7.40. The number of aromatic nitrogens is 3. The Labute approximate surface area is 159 Å². The summed E-state index contributed by atoms with van der Waals surface area (Å²) in [5.74, 6) is -0.0860. The van der Waals surface area contributed by atoms with E-state index in [1.54, 1.807) is 9.80 Å². The fourth-order valence-electron chi connectivity index (χ4n) is 4.10. The Kier molecular flexibility index (Phi) is 4.94. The van der Waals surface area contributed by atoms with Crippen LogP contribution in [0.1, 0.15) is 43.1 Å². The van der Waals surface area contributed by atoms with Crippen LogP contribution in [0.2, 0.25) is 0 Å². The van der Waals surface area contributed by atoms with Gasteiger partial charge in [0, 0.05) is 25.8 Å². The first-order chi connectivity index (χ1) is 13.4. The largest absolute Gasteiger partial charge is 0.419 e. The van der Waals surface area contributed by atoms with E-state index in [0.29, 0.717) is 31.8 Å². The zero-order valence-corrected chi connectivity index (χ0v) is 15.1. The molecule has 150 valence electrons. The second-order valence-corrected chi connectivity index (χ2v) is 7.14. The predicted molar refractivity (Wildman–Crippen MR) is 92.2 cm³/mol. The Morgan fingerprint density at radius 2 is 2.00 bits per heavy atom. The Balaban J connectivity index is 1.52. The van der Waals surface area contributed by atoms with Crippen molar-refractivity contribution in [2.24, 2.45) is 5.92 Å². The van der Waals surface area contributed by atoms with Crippen molar-refractivity contribution < 1.29 is 22.5 Å². The number of pyridine rings is 1. The number of halogens is 3. The van der Waals surface area contributed by atoms with Crippen LogP contribution < -0.4 is 4.90 Å². The van der Waals surface area contributed by atoms with Gasteiger partial charge in [-0.05, 0) is 37.8 Å². The smallest absolute Gasteiger partial charge is 0.355 e. The first kappa shape index (κ1) is 18.7. The first-order valence-corrected chi connectivity index (χ1v) is 9.29. The van der Waals surface area contributed by atoms with Gasteiger partial charge in [0.15, 0.2) is 5.82 Å². The Bertz CT molecular complexity index is 827. The predicted octanol–water partition coefficient (Wildman–Crippen LogP) is 3.06. The Hall–Kier alpha value is -2.65. The van der Waals surface area contributed by atoms with Crippen LogP contribution in [0.5, 0.6) is 0 Å². The summed E-state index contributed by atoms with van der Waals surface area (Å²) >= 11 is 0. The minimum Gasteiger partial charge on any atom is -0.355 e. The summed E-state index contributed by atoms with van der Waals surface area (Å²) in [6.45, 7) is 1.25. The van der Waals surface area contributed by atoms with Crippen LogP contribution in [0.4, 0.5) is 19.0 Å². The van der Waals surface area contributed by atoms with Crippen molar-refractivity contribution >= 4 is 11.7 Å². The molecule has 7 nitrogen and oxygen atoms in total. The van der Waals surface area contributed by atoms with Crippen LogP contribution in [0, 0.1) is 5.92 Å². The molecule has 2 aliphatic heterocycles. The first-order valence-electron chi connectivity index (χ1n) is 9.29. The third-order valence-electron chi connectivity index (χ3n) is 5.37. The van der Waals surface area contributed by atoms with Crippen molar-refractivity contribution in [1.29, 1.82) is 0 Å². The number of alkyl halides is 3. The maximum Gasteiger partial charge on any atom is 0.419 e. The zero-order chi connectivity index (χ0) is 19.7. The molecule has 2 saturated heterocycles. The zero-order valence-electron chi connectivity index (χ0n) is 15.1. The number of hydrogen-bond donors (Lipinski definition) is 0. The lowest BCUT2D eigenvalue weighted by Gasteiger charge is -2.36. The highest BCUT2D eigenvalue weighted by Crippen LogP contribution is 2.37. The van der Waals surface area contributed by atoms with Gasteiger partial charge in [0.05, 0.1) is 17.5 Å². The number of carbonyl (C=O) groups excluding carboxylic acids is 1. The summed E-state index contributed by atoms with van der Waals surface area (Å²) < 4.78 is 44.8. The molecule has 10 heteroatoms. The van der Waals surface area contributed by atoms with Gasteiger partial charge in [-0.25, -0.2) is 4.98 Å². The summed E-state index contributed by atoms with van der Waals surface area (Å²) in [5, 5.41) is 3.85. The van der Waals surface area contributed by atoms with E-state index in [1.807, 2.05) is 0 Å². The van der Waals surface area contributed by atoms with Crippen molar-refractivity contribution in [3.63, 3.8) is 0 Å². The van der Waals surface area contributed by atoms with E-state index in [1.165, 1.54) is 18.7 Å². The van der Waals surface area contributed by atoms with E-state index in [9.17, 15) is 18.0 Å². The molecule has 0 radical (unpaired) electrons. The van der Waals surface area contributed by atoms with E-state index in [0.717, 1.165) is 18.9 Å². The van der Waals surface area contributed by atoms with Gasteiger partial charge in [0.1, 0.15) is 5.82 Å². The third-order valence-corrected chi connectivity index (χ3v) is 5.37. The van der Waals surface area contributed by atoms with Crippen LogP contribution in [0.15, 0.2) is 29.2 Å². The highest BCUT2D eigenvalue weighted by atomic mass is 19.4. The molecule has 4 rings (SSSR count). The number of anilines is 1. The van der Waals surface area contributed by atoms with Gasteiger partial charge in [-0.1, -0.05) is 5.16 Å². The molecule has 2 aliphatic rings. The maximum absolute atomic E-state index is 13.3. The normalized spacial score (nSPS) is 23.2. The molecular weight excluding hydrogens is 375 g/mol. The summed E-state index contributed by atoms with van der Waals surface area (Å²) in [5.41, 5.74) is -0.769. The molecule has 0 N–H and O–H groups in total. The summed E-state index contributed by atoms with van der Waals surface area (Å²) in [7, 11) is 0. The number of rotatable bonds is 3. The van der Waals surface area contributed by atoms with E-state index in [2.05, 4.69) is 15.1 Å². The highest BCUT2D eigenvalue weighted by molar-refractivity contribution is 5.80. The van der Waals surface area contributed by atoms with Gasteiger partial charge >= 0.3 is 6.18 Å². The molecule has 2 atom stereocenters. The number of piperidine rings is 1. The SMILES string of the molecule is O=C(C1CCCN(c2ncccc2C(F)(F)F)C1)N1CCCC1c1ncon1. The van der Waals surface area contributed by atoms with Crippen LogP contribution in [-0.2, 0) is 11.0 Å². The lowest BCUT2D eigenvalue weighted by Crippen LogP contribution is -2.45. The van der Waals surface area contributed by atoms with Gasteiger partial charge in [-0.3, -0.25) is 4.79 Å². The Morgan fingerprint density at radius 3 is 2.75 bits per heavy atom. The van der Waals surface area contributed by atoms with Crippen LogP contribution in [0.3, 0.4) is 0 Å². The van der Waals surface area contributed by atoms with Crippen LogP contribution >= 0.6 is 0 Å². The fourth-order valence-corrected chi connectivity index (χ4v) is 4.10. The summed E-state index contributed by atoms with van der Waals surface area (Å²) in [4.78, 5) is 24.5. The molecular formula is C18H20F3N5O2. The second-order valence-electron chi connectivity index (χ2n) is 7.14. The number of amides is 1. The highest BCUT2D eigenvalue weighted by Gasteiger charge is 2.40. The molecule has 0 aliphatic carbocycles. The van der Waals surface area contributed by atoms with Crippen LogP contribution in [-0.4, -0.2) is 45.6 Å². The molecule has 0 saturated carbocycles. The van der Waals surface area contributed by atoms with Gasteiger partial charge in [0.2, 0.25) is 12.3 Å². The topological polar surface area (TPSA) is 75.4 Å². The monoisotopic (exact) mass is 395 g/mol. The number of likely N-dealkylation sites (tertiary alicyclic amines) is 1. The van der Waals surface area contributed by atoms with E-state index in [-0.39, 0.29) is 30.2 Å². The number of nitrogens with zero attached hydrogens (tertiary/aromatic N) is 5. The van der Waals surface area contributed by atoms with Gasteiger partial charge in [-0.2, -0.15) is 18.2 Å². The van der Waals surface area contributed by atoms with Crippen LogP contribution in [0.25, 0.3) is 0 Å². The summed E-state index contributed by atoms with van der Waals surface area (Å²) in [6.07, 6.45) is 0.949. The third kappa shape index (κ3) is 3.55. The lowest BCUT2D eigenvalue weighted by molar-refractivity contribution is -0.137. The molecule has 0 bridgehead atoms. The van der Waals surface area contributed by atoms with Gasteiger partial charge in [-0.15, -0.1) is 0 Å². The summed E-state index contributed by atoms with van der Waals surface area (Å²) in [6, 6.07) is 2.07. The minimum atomic E-state index is -4.49. The maximum atomic E-state index is 13.3. The molecule has 0 aromatic carbocycles. The molecule has 0 spiro atoms.